The summed E-state index contributed by atoms with van der Waals surface area (Å²) < 4.78 is 12.6. The third-order valence-corrected chi connectivity index (χ3v) is 9.05. The Balaban J connectivity index is 1.60. The number of unbranched alkanes of at least 4 members (excludes halogenated alkanes) is 2. The Morgan fingerprint density at radius 3 is 2.66 bits per heavy atom. The zero-order chi connectivity index (χ0) is 31.7. The van der Waals surface area contributed by atoms with Gasteiger partial charge in [-0.25, -0.2) is 0 Å². The molecule has 3 heterocycles. The number of nitrogens with one attached hydrogen (secondary N) is 1. The van der Waals surface area contributed by atoms with Crippen molar-refractivity contribution in [2.24, 2.45) is 11.8 Å². The topological polar surface area (TPSA) is 125 Å². The number of rotatable bonds is 18. The molecule has 3 saturated heterocycles. The normalized spacial score (nSPS) is 25.8. The van der Waals surface area contributed by atoms with Crippen LogP contribution in [-0.2, 0) is 28.7 Å². The van der Waals surface area contributed by atoms with Gasteiger partial charge in [0.05, 0.1) is 24.5 Å². The van der Waals surface area contributed by atoms with E-state index in [4.69, 9.17) is 9.47 Å². The monoisotopic (exact) mass is 609 g/mol. The quantitative estimate of drug-likeness (QED) is 0.149. The van der Waals surface area contributed by atoms with Crippen LogP contribution in [-0.4, -0.2) is 89.1 Å². The summed E-state index contributed by atoms with van der Waals surface area (Å²) in [6.07, 6.45) is 6.92. The molecule has 10 nitrogen and oxygen atoms in total. The van der Waals surface area contributed by atoms with Crippen LogP contribution in [0.3, 0.4) is 0 Å². The van der Waals surface area contributed by atoms with Crippen LogP contribution in [0.4, 0.5) is 0 Å². The van der Waals surface area contributed by atoms with Gasteiger partial charge in [-0.05, 0) is 37.7 Å². The number of esters is 1. The van der Waals surface area contributed by atoms with Crippen molar-refractivity contribution >= 4 is 23.7 Å². The summed E-state index contributed by atoms with van der Waals surface area (Å²) in [6.45, 7) is 10.6. The molecule has 2 bridgehead atoms. The van der Waals surface area contributed by atoms with E-state index in [0.717, 1.165) is 19.3 Å². The molecule has 0 radical (unpaired) electrons. The molecule has 3 fully saturated rings. The highest BCUT2D eigenvalue weighted by Gasteiger charge is 2.75. The molecule has 6 atom stereocenters. The molecular formula is C34H47N3O7. The van der Waals surface area contributed by atoms with Crippen molar-refractivity contribution in [1.82, 2.24) is 15.1 Å². The Labute approximate surface area is 260 Å². The molecule has 1 aromatic carbocycles. The molecule has 3 aliphatic rings. The van der Waals surface area contributed by atoms with Crippen LogP contribution in [0.5, 0.6) is 0 Å². The summed E-state index contributed by atoms with van der Waals surface area (Å²) in [5, 5.41) is 12.5. The van der Waals surface area contributed by atoms with Crippen LogP contribution in [0.2, 0.25) is 0 Å². The summed E-state index contributed by atoms with van der Waals surface area (Å²) in [7, 11) is 0. The van der Waals surface area contributed by atoms with Crippen molar-refractivity contribution in [1.29, 1.82) is 0 Å². The number of carbonyl (C=O) groups is 4. The van der Waals surface area contributed by atoms with Crippen LogP contribution in [0.1, 0.15) is 70.0 Å². The van der Waals surface area contributed by atoms with E-state index >= 15 is 0 Å². The van der Waals surface area contributed by atoms with Crippen molar-refractivity contribution < 1.29 is 33.8 Å². The summed E-state index contributed by atoms with van der Waals surface area (Å²) in [4.78, 5) is 57.9. The molecular weight excluding hydrogens is 562 g/mol. The van der Waals surface area contributed by atoms with Gasteiger partial charge in [0, 0.05) is 32.7 Å². The minimum absolute atomic E-state index is 0.0751. The van der Waals surface area contributed by atoms with Gasteiger partial charge >= 0.3 is 5.97 Å². The molecule has 1 spiro atoms. The second-order valence-corrected chi connectivity index (χ2v) is 11.9. The number of nitrogens with zero attached hydrogens (tertiary/aromatic N) is 2. The van der Waals surface area contributed by atoms with Crippen LogP contribution < -0.4 is 5.32 Å². The molecule has 240 valence electrons. The van der Waals surface area contributed by atoms with E-state index in [9.17, 15) is 24.3 Å². The van der Waals surface area contributed by atoms with Gasteiger partial charge < -0.3 is 29.7 Å². The number of benzene rings is 1. The van der Waals surface area contributed by atoms with Gasteiger partial charge in [0.2, 0.25) is 17.7 Å². The average molecular weight is 610 g/mol. The Bertz CT molecular complexity index is 1190. The summed E-state index contributed by atoms with van der Waals surface area (Å²) in [5.74, 6) is -3.05. The Morgan fingerprint density at radius 1 is 1.20 bits per heavy atom. The SMILES string of the molecule is C=CCCC(=O)NC[C@H](OC(=O)[C@@H]1[C@H]2C(=O)N(CCCO)[C@H](C(=O)N(CC=C)CCCCC)[C@]23CC[C@H]1O3)c1ccccc1. The average Bonchev–Trinajstić information content (AvgIpc) is 3.67. The molecule has 44 heavy (non-hydrogen) atoms. The lowest BCUT2D eigenvalue weighted by molar-refractivity contribution is -0.160. The standard InChI is InChI=1S/C34H47N3O7/c1-4-7-12-20-36(19-6-3)32(41)30-34-18-17-25(44-34)28(29(34)31(40)37(30)21-13-22-38)33(42)43-26(24-14-10-9-11-15-24)23-35-27(39)16-8-5-2/h5-6,9-11,14-15,25-26,28-30,38H,2-4,7-8,12-13,16-23H2,1H3,(H,35,39)/t25-,26+,28+,29+,30-,34+/m1/s1. The maximum Gasteiger partial charge on any atom is 0.313 e. The molecule has 10 heteroatoms. The Kier molecular flexibility index (Phi) is 11.7. The number of carbonyl (C=O) groups excluding carboxylic acids is 4. The van der Waals surface area contributed by atoms with Crippen molar-refractivity contribution in [2.75, 3.05) is 32.8 Å². The first-order valence-corrected chi connectivity index (χ1v) is 15.9. The molecule has 3 aliphatic heterocycles. The minimum atomic E-state index is -1.15. The van der Waals surface area contributed by atoms with Crippen molar-refractivity contribution in [2.45, 2.75) is 82.1 Å². The fourth-order valence-electron chi connectivity index (χ4n) is 7.00. The summed E-state index contributed by atoms with van der Waals surface area (Å²) >= 11 is 0. The number of hydrogen-bond acceptors (Lipinski definition) is 7. The third kappa shape index (κ3) is 6.91. The maximum absolute atomic E-state index is 14.2. The van der Waals surface area contributed by atoms with Crippen molar-refractivity contribution in [3.63, 3.8) is 0 Å². The number of hydrogen-bond donors (Lipinski definition) is 2. The van der Waals surface area contributed by atoms with E-state index < -0.39 is 41.7 Å². The number of aliphatic hydroxyl groups is 1. The number of ether oxygens (including phenoxy) is 2. The summed E-state index contributed by atoms with van der Waals surface area (Å²) in [5.41, 5.74) is -0.435. The smallest absolute Gasteiger partial charge is 0.313 e. The lowest BCUT2D eigenvalue weighted by Gasteiger charge is -2.36. The van der Waals surface area contributed by atoms with Gasteiger partial charge in [-0.2, -0.15) is 0 Å². The van der Waals surface area contributed by atoms with Crippen LogP contribution >= 0.6 is 0 Å². The molecule has 0 aromatic heterocycles. The zero-order valence-corrected chi connectivity index (χ0v) is 25.8. The molecule has 0 saturated carbocycles. The number of amides is 3. The van der Waals surface area contributed by atoms with Gasteiger partial charge in [0.25, 0.3) is 0 Å². The minimum Gasteiger partial charge on any atom is -0.455 e. The van der Waals surface area contributed by atoms with Gasteiger partial charge in [0.1, 0.15) is 17.7 Å². The fraction of sp³-hybridized carbons (Fsp3) is 0.588. The summed E-state index contributed by atoms with van der Waals surface area (Å²) in [6, 6.07) is 8.26. The lowest BCUT2D eigenvalue weighted by Crippen LogP contribution is -2.56. The van der Waals surface area contributed by atoms with E-state index in [-0.39, 0.29) is 43.8 Å². The van der Waals surface area contributed by atoms with Crippen molar-refractivity contribution in [3.05, 3.63) is 61.2 Å². The predicted molar refractivity (Wildman–Crippen MR) is 165 cm³/mol. The fourth-order valence-corrected chi connectivity index (χ4v) is 7.00. The number of likely N-dealkylation sites (tertiary alicyclic amines) is 1. The number of aliphatic hydroxyl groups excluding tert-OH is 1. The molecule has 0 aliphatic carbocycles. The third-order valence-electron chi connectivity index (χ3n) is 9.05. The zero-order valence-electron chi connectivity index (χ0n) is 25.8. The lowest BCUT2D eigenvalue weighted by atomic mass is 9.70. The number of allylic oxidation sites excluding steroid dienone is 1. The van der Waals surface area contributed by atoms with E-state index in [1.54, 1.807) is 17.1 Å². The van der Waals surface area contributed by atoms with Crippen LogP contribution in [0, 0.1) is 11.8 Å². The first-order valence-electron chi connectivity index (χ1n) is 15.9. The van der Waals surface area contributed by atoms with Crippen LogP contribution in [0.15, 0.2) is 55.6 Å². The molecule has 0 unspecified atom stereocenters. The van der Waals surface area contributed by atoms with Gasteiger partial charge in [-0.3, -0.25) is 19.2 Å². The Hall–Kier alpha value is -3.50. The van der Waals surface area contributed by atoms with E-state index in [2.05, 4.69) is 25.4 Å². The van der Waals surface area contributed by atoms with E-state index in [0.29, 0.717) is 44.3 Å². The highest BCUT2D eigenvalue weighted by atomic mass is 16.6. The van der Waals surface area contributed by atoms with Crippen LogP contribution in [0.25, 0.3) is 0 Å². The van der Waals surface area contributed by atoms with Crippen molar-refractivity contribution in [3.8, 4) is 0 Å². The molecule has 3 amide bonds. The van der Waals surface area contributed by atoms with Gasteiger partial charge in [-0.1, -0.05) is 62.2 Å². The predicted octanol–water partition coefficient (Wildman–Crippen LogP) is 3.32. The number of fused-ring (bicyclic) bond motifs is 1. The first-order chi connectivity index (χ1) is 21.3. The second kappa shape index (κ2) is 15.5. The van der Waals surface area contributed by atoms with E-state index in [1.807, 2.05) is 30.3 Å². The molecule has 1 aromatic rings. The molecule has 2 N–H and O–H groups in total. The Morgan fingerprint density at radius 2 is 1.98 bits per heavy atom. The highest BCUT2D eigenvalue weighted by molar-refractivity contribution is 5.98. The largest absolute Gasteiger partial charge is 0.455 e. The van der Waals surface area contributed by atoms with E-state index in [1.165, 1.54) is 4.90 Å². The van der Waals surface area contributed by atoms with Gasteiger partial charge in [0.15, 0.2) is 0 Å². The molecule has 4 rings (SSSR count). The maximum atomic E-state index is 14.2. The van der Waals surface area contributed by atoms with Gasteiger partial charge in [-0.15, -0.1) is 13.2 Å². The second-order valence-electron chi connectivity index (χ2n) is 11.9. The first kappa shape index (κ1) is 33.4. The highest BCUT2D eigenvalue weighted by Crippen LogP contribution is 2.59.